The molecule has 1 aromatic rings. The van der Waals surface area contributed by atoms with Crippen molar-refractivity contribution < 1.29 is 17.9 Å². The van der Waals surface area contributed by atoms with Crippen molar-refractivity contribution in [3.63, 3.8) is 0 Å². The van der Waals surface area contributed by atoms with Crippen LogP contribution >= 0.6 is 0 Å². The number of halogens is 3. The Balaban J connectivity index is 3.17. The topological polar surface area (TPSA) is 73.6 Å². The van der Waals surface area contributed by atoms with Crippen molar-refractivity contribution in [1.29, 1.82) is 0 Å². The lowest BCUT2D eigenvalue weighted by Gasteiger charge is -2.22. The molecule has 0 heterocycles. The second-order valence-electron chi connectivity index (χ2n) is 5.27. The summed E-state index contributed by atoms with van der Waals surface area (Å²) in [7, 11) is 0. The van der Waals surface area contributed by atoms with Crippen molar-refractivity contribution in [1.82, 2.24) is 0 Å². The monoisotopic (exact) mass is 289 g/mol. The number of nitrogens with two attached hydrogens (primary N) is 2. The van der Waals surface area contributed by atoms with Gasteiger partial charge < -0.3 is 16.2 Å². The van der Waals surface area contributed by atoms with E-state index in [-0.39, 0.29) is 23.8 Å². The molecule has 7 heteroatoms. The highest BCUT2D eigenvalue weighted by Crippen LogP contribution is 2.35. The van der Waals surface area contributed by atoms with E-state index >= 15 is 0 Å². The molecule has 0 amide bonds. The summed E-state index contributed by atoms with van der Waals surface area (Å²) < 4.78 is 44.5. The van der Waals surface area contributed by atoms with Crippen LogP contribution in [0.3, 0.4) is 0 Å². The SMILES string of the molecule is CC(C)(C)Oc1ccc(CN=C(N)N)c(C(F)(F)F)c1. The Kier molecular flexibility index (Phi) is 4.52. The van der Waals surface area contributed by atoms with Gasteiger partial charge in [0.1, 0.15) is 11.4 Å². The van der Waals surface area contributed by atoms with Gasteiger partial charge in [-0.2, -0.15) is 13.2 Å². The average molecular weight is 289 g/mol. The van der Waals surface area contributed by atoms with E-state index in [1.807, 2.05) is 0 Å². The smallest absolute Gasteiger partial charge is 0.416 e. The van der Waals surface area contributed by atoms with Crippen LogP contribution in [0.4, 0.5) is 13.2 Å². The zero-order valence-electron chi connectivity index (χ0n) is 11.6. The Labute approximate surface area is 115 Å². The van der Waals surface area contributed by atoms with E-state index < -0.39 is 17.3 Å². The van der Waals surface area contributed by atoms with Gasteiger partial charge in [-0.1, -0.05) is 6.07 Å². The minimum atomic E-state index is -4.49. The quantitative estimate of drug-likeness (QED) is 0.663. The molecule has 112 valence electrons. The van der Waals surface area contributed by atoms with Crippen molar-refractivity contribution in [3.8, 4) is 5.75 Å². The summed E-state index contributed by atoms with van der Waals surface area (Å²) in [5.41, 5.74) is 8.88. The van der Waals surface area contributed by atoms with Gasteiger partial charge >= 0.3 is 6.18 Å². The maximum Gasteiger partial charge on any atom is 0.416 e. The molecule has 0 saturated carbocycles. The lowest BCUT2D eigenvalue weighted by atomic mass is 10.1. The highest BCUT2D eigenvalue weighted by atomic mass is 19.4. The third-order valence-electron chi connectivity index (χ3n) is 2.24. The maximum absolute atomic E-state index is 13.0. The number of hydrogen-bond donors (Lipinski definition) is 2. The number of ether oxygens (including phenoxy) is 1. The van der Waals surface area contributed by atoms with Gasteiger partial charge in [-0.05, 0) is 38.5 Å². The predicted octanol–water partition coefficient (Wildman–Crippen LogP) is 2.66. The molecule has 0 aliphatic rings. The lowest BCUT2D eigenvalue weighted by molar-refractivity contribution is -0.138. The molecule has 0 radical (unpaired) electrons. The molecule has 0 aliphatic carbocycles. The van der Waals surface area contributed by atoms with Crippen LogP contribution in [-0.2, 0) is 12.7 Å². The van der Waals surface area contributed by atoms with Gasteiger partial charge in [0.05, 0.1) is 12.1 Å². The molecule has 0 aliphatic heterocycles. The van der Waals surface area contributed by atoms with Gasteiger partial charge in [-0.25, -0.2) is 4.99 Å². The van der Waals surface area contributed by atoms with Crippen LogP contribution in [-0.4, -0.2) is 11.6 Å². The fourth-order valence-corrected chi connectivity index (χ4v) is 1.55. The molecule has 20 heavy (non-hydrogen) atoms. The molecule has 0 atom stereocenters. The van der Waals surface area contributed by atoms with Crippen LogP contribution in [0.15, 0.2) is 23.2 Å². The highest BCUT2D eigenvalue weighted by molar-refractivity contribution is 5.75. The van der Waals surface area contributed by atoms with Crippen molar-refractivity contribution >= 4 is 5.96 Å². The molecule has 1 rings (SSSR count). The minimum Gasteiger partial charge on any atom is -0.488 e. The van der Waals surface area contributed by atoms with Gasteiger partial charge in [0.15, 0.2) is 5.96 Å². The van der Waals surface area contributed by atoms with Crippen molar-refractivity contribution in [2.24, 2.45) is 16.5 Å². The number of benzene rings is 1. The highest BCUT2D eigenvalue weighted by Gasteiger charge is 2.34. The van der Waals surface area contributed by atoms with Crippen molar-refractivity contribution in [2.75, 3.05) is 0 Å². The molecule has 0 unspecified atom stereocenters. The fourth-order valence-electron chi connectivity index (χ4n) is 1.55. The average Bonchev–Trinajstić information content (AvgIpc) is 2.23. The Morgan fingerprint density at radius 2 is 1.80 bits per heavy atom. The molecule has 0 aromatic heterocycles. The van der Waals surface area contributed by atoms with Crippen LogP contribution in [0.5, 0.6) is 5.75 Å². The first-order valence-corrected chi connectivity index (χ1v) is 5.93. The normalized spacial score (nSPS) is 12.1. The zero-order chi connectivity index (χ0) is 15.6. The summed E-state index contributed by atoms with van der Waals surface area (Å²) in [6.07, 6.45) is -4.49. The van der Waals surface area contributed by atoms with Crippen LogP contribution in [0.2, 0.25) is 0 Å². The van der Waals surface area contributed by atoms with Crippen molar-refractivity contribution in [3.05, 3.63) is 29.3 Å². The van der Waals surface area contributed by atoms with Gasteiger partial charge in [-0.15, -0.1) is 0 Å². The Morgan fingerprint density at radius 1 is 1.20 bits per heavy atom. The van der Waals surface area contributed by atoms with E-state index in [2.05, 4.69) is 4.99 Å². The van der Waals surface area contributed by atoms with E-state index in [1.165, 1.54) is 12.1 Å². The summed E-state index contributed by atoms with van der Waals surface area (Å²) in [5.74, 6) is -0.105. The summed E-state index contributed by atoms with van der Waals surface area (Å²) in [5, 5.41) is 0. The Bertz CT molecular complexity index is 501. The van der Waals surface area contributed by atoms with Crippen LogP contribution in [0, 0.1) is 0 Å². The van der Waals surface area contributed by atoms with E-state index in [0.29, 0.717) is 0 Å². The van der Waals surface area contributed by atoms with Crippen molar-refractivity contribution in [2.45, 2.75) is 39.1 Å². The largest absolute Gasteiger partial charge is 0.488 e. The summed E-state index contributed by atoms with van der Waals surface area (Å²) >= 11 is 0. The molecule has 4 nitrogen and oxygen atoms in total. The zero-order valence-corrected chi connectivity index (χ0v) is 11.6. The third kappa shape index (κ3) is 4.99. The first-order chi connectivity index (χ1) is 8.99. The third-order valence-corrected chi connectivity index (χ3v) is 2.24. The second-order valence-corrected chi connectivity index (χ2v) is 5.27. The first-order valence-electron chi connectivity index (χ1n) is 5.93. The van der Waals surface area contributed by atoms with Gasteiger partial charge in [0.25, 0.3) is 0 Å². The number of hydrogen-bond acceptors (Lipinski definition) is 2. The lowest BCUT2D eigenvalue weighted by Crippen LogP contribution is -2.24. The van der Waals surface area contributed by atoms with E-state index in [1.54, 1.807) is 20.8 Å². The summed E-state index contributed by atoms with van der Waals surface area (Å²) in [6.45, 7) is 5.04. The summed E-state index contributed by atoms with van der Waals surface area (Å²) in [6, 6.07) is 3.75. The molecule has 4 N–H and O–H groups in total. The van der Waals surface area contributed by atoms with Crippen LogP contribution in [0.1, 0.15) is 31.9 Å². The minimum absolute atomic E-state index is 0.00726. The van der Waals surface area contributed by atoms with E-state index in [0.717, 1.165) is 6.07 Å². The second kappa shape index (κ2) is 5.60. The number of alkyl halides is 3. The van der Waals surface area contributed by atoms with E-state index in [9.17, 15) is 13.2 Å². The van der Waals surface area contributed by atoms with E-state index in [4.69, 9.17) is 16.2 Å². The molecule has 0 spiro atoms. The Hall–Kier alpha value is -1.92. The molecule has 0 bridgehead atoms. The number of aliphatic imine (C=N–C) groups is 1. The van der Waals surface area contributed by atoms with Gasteiger partial charge in [-0.3, -0.25) is 0 Å². The maximum atomic E-state index is 13.0. The summed E-state index contributed by atoms with van der Waals surface area (Å²) in [4.78, 5) is 3.60. The number of rotatable bonds is 3. The molecular formula is C13H18F3N3O. The van der Waals surface area contributed by atoms with Gasteiger partial charge in [0.2, 0.25) is 0 Å². The molecule has 0 fully saturated rings. The predicted molar refractivity (Wildman–Crippen MR) is 71.3 cm³/mol. The standard InChI is InChI=1S/C13H18F3N3O/c1-12(2,3)20-9-5-4-8(7-19-11(17)18)10(6-9)13(14,15)16/h4-6H,7H2,1-3H3,(H4,17,18,19). The molecule has 0 saturated heterocycles. The van der Waals surface area contributed by atoms with Crippen LogP contribution < -0.4 is 16.2 Å². The van der Waals surface area contributed by atoms with Gasteiger partial charge in [0, 0.05) is 0 Å². The Morgan fingerprint density at radius 3 is 2.25 bits per heavy atom. The molecule has 1 aromatic carbocycles. The fraction of sp³-hybridized carbons (Fsp3) is 0.462. The van der Waals surface area contributed by atoms with Crippen LogP contribution in [0.25, 0.3) is 0 Å². The number of nitrogens with zero attached hydrogens (tertiary/aromatic N) is 1. The molecular weight excluding hydrogens is 271 g/mol. The first kappa shape index (κ1) is 16.1. The number of guanidine groups is 1.